The molecule has 1 aliphatic rings. The number of morpholine rings is 1. The maximum absolute atomic E-state index is 10.9. The fraction of sp³-hybridized carbons (Fsp3) is 0.500. The third-order valence-corrected chi connectivity index (χ3v) is 3.67. The molecule has 0 amide bonds. The van der Waals surface area contributed by atoms with Crippen LogP contribution in [0.3, 0.4) is 0 Å². The molecule has 0 radical (unpaired) electrons. The van der Waals surface area contributed by atoms with Gasteiger partial charge in [0, 0.05) is 24.2 Å². The van der Waals surface area contributed by atoms with Crippen LogP contribution in [0.5, 0.6) is 0 Å². The largest absolute Gasteiger partial charge is 0.481 e. The monoisotopic (exact) mass is 283 g/mol. The van der Waals surface area contributed by atoms with E-state index in [-0.39, 0.29) is 12.5 Å². The number of hydrogen-bond donors (Lipinski definition) is 1. The van der Waals surface area contributed by atoms with Crippen LogP contribution in [0.1, 0.15) is 17.5 Å². The predicted octanol–water partition coefficient (Wildman–Crippen LogP) is 2.32. The van der Waals surface area contributed by atoms with E-state index >= 15 is 0 Å². The van der Waals surface area contributed by atoms with E-state index in [9.17, 15) is 4.79 Å². The van der Waals surface area contributed by atoms with Gasteiger partial charge in [0.15, 0.2) is 0 Å². The first-order valence-corrected chi connectivity index (χ1v) is 6.72. The van der Waals surface area contributed by atoms with Crippen molar-refractivity contribution in [3.05, 3.63) is 34.3 Å². The highest BCUT2D eigenvalue weighted by atomic mass is 35.5. The maximum Gasteiger partial charge on any atom is 0.305 e. The molecule has 5 heteroatoms. The van der Waals surface area contributed by atoms with Gasteiger partial charge in [-0.15, -0.1) is 0 Å². The minimum Gasteiger partial charge on any atom is -0.481 e. The van der Waals surface area contributed by atoms with E-state index in [0.717, 1.165) is 23.7 Å². The van der Waals surface area contributed by atoms with Gasteiger partial charge in [0.25, 0.3) is 0 Å². The fourth-order valence-corrected chi connectivity index (χ4v) is 2.57. The zero-order chi connectivity index (χ0) is 13.8. The summed E-state index contributed by atoms with van der Waals surface area (Å²) in [5, 5.41) is 9.67. The van der Waals surface area contributed by atoms with Crippen LogP contribution in [0, 0.1) is 6.92 Å². The Kier molecular flexibility index (Phi) is 4.80. The van der Waals surface area contributed by atoms with E-state index in [0.29, 0.717) is 13.2 Å². The summed E-state index contributed by atoms with van der Waals surface area (Å²) in [5.41, 5.74) is 2.31. The van der Waals surface area contributed by atoms with Gasteiger partial charge in [-0.2, -0.15) is 0 Å². The molecule has 1 aliphatic heterocycles. The van der Waals surface area contributed by atoms with Crippen LogP contribution in [0.15, 0.2) is 18.2 Å². The highest BCUT2D eigenvalue weighted by Gasteiger charge is 2.25. The maximum atomic E-state index is 10.9. The molecule has 0 bridgehead atoms. The van der Waals surface area contributed by atoms with Crippen LogP contribution in [-0.4, -0.2) is 41.8 Å². The number of carboxylic acid groups (broad SMARTS) is 1. The van der Waals surface area contributed by atoms with Gasteiger partial charge >= 0.3 is 5.97 Å². The van der Waals surface area contributed by atoms with Crippen molar-refractivity contribution in [1.29, 1.82) is 0 Å². The fourth-order valence-electron chi connectivity index (χ4n) is 2.34. The molecule has 4 nitrogen and oxygen atoms in total. The Morgan fingerprint density at radius 3 is 3.05 bits per heavy atom. The molecule has 1 aromatic carbocycles. The number of hydrogen-bond acceptors (Lipinski definition) is 3. The molecule has 0 spiro atoms. The number of ether oxygens (including phenoxy) is 1. The average molecular weight is 284 g/mol. The van der Waals surface area contributed by atoms with Crippen molar-refractivity contribution < 1.29 is 14.6 Å². The highest BCUT2D eigenvalue weighted by molar-refractivity contribution is 6.30. The van der Waals surface area contributed by atoms with Gasteiger partial charge in [-0.1, -0.05) is 17.7 Å². The number of nitrogens with zero attached hydrogens (tertiary/aromatic N) is 1. The van der Waals surface area contributed by atoms with Gasteiger partial charge in [0.2, 0.25) is 0 Å². The first kappa shape index (κ1) is 14.3. The number of benzene rings is 1. The highest BCUT2D eigenvalue weighted by Crippen LogP contribution is 2.20. The van der Waals surface area contributed by atoms with Crippen LogP contribution in [-0.2, 0) is 16.1 Å². The number of carbonyl (C=O) groups is 1. The second-order valence-corrected chi connectivity index (χ2v) is 5.30. The molecule has 1 heterocycles. The van der Waals surface area contributed by atoms with E-state index in [4.69, 9.17) is 21.4 Å². The molecule has 104 valence electrons. The Morgan fingerprint density at radius 1 is 1.58 bits per heavy atom. The van der Waals surface area contributed by atoms with Crippen LogP contribution in [0.25, 0.3) is 0 Å². The molecule has 1 unspecified atom stereocenters. The zero-order valence-electron chi connectivity index (χ0n) is 10.9. The summed E-state index contributed by atoms with van der Waals surface area (Å²) in [6.45, 7) is 4.67. The minimum absolute atomic E-state index is 0.0543. The second-order valence-electron chi connectivity index (χ2n) is 4.87. The average Bonchev–Trinajstić information content (AvgIpc) is 2.34. The Morgan fingerprint density at radius 2 is 2.37 bits per heavy atom. The molecule has 0 saturated carbocycles. The summed E-state index contributed by atoms with van der Waals surface area (Å²) >= 11 is 5.95. The molecule has 19 heavy (non-hydrogen) atoms. The Hall–Kier alpha value is -1.10. The molecular formula is C14H18ClNO3. The van der Waals surface area contributed by atoms with Crippen LogP contribution in [0.2, 0.25) is 5.02 Å². The molecule has 1 N–H and O–H groups in total. The summed E-state index contributed by atoms with van der Waals surface area (Å²) in [6, 6.07) is 5.76. The zero-order valence-corrected chi connectivity index (χ0v) is 11.7. The summed E-state index contributed by atoms with van der Waals surface area (Å²) in [6.07, 6.45) is 0.118. The lowest BCUT2D eigenvalue weighted by molar-refractivity contribution is -0.140. The van der Waals surface area contributed by atoms with Crippen molar-refractivity contribution in [2.75, 3.05) is 19.8 Å². The first-order chi connectivity index (χ1) is 9.06. The van der Waals surface area contributed by atoms with E-state index in [2.05, 4.69) is 4.90 Å². The quantitative estimate of drug-likeness (QED) is 0.921. The normalized spacial score (nSPS) is 20.4. The van der Waals surface area contributed by atoms with Crippen molar-refractivity contribution in [2.24, 2.45) is 0 Å². The summed E-state index contributed by atoms with van der Waals surface area (Å²) < 4.78 is 5.37. The Bertz CT molecular complexity index is 464. The predicted molar refractivity (Wildman–Crippen MR) is 73.5 cm³/mol. The van der Waals surface area contributed by atoms with Crippen molar-refractivity contribution in [1.82, 2.24) is 4.90 Å². The SMILES string of the molecule is Cc1cc(Cl)ccc1CN1CCOCC1CC(=O)O. The van der Waals surface area contributed by atoms with Crippen LogP contribution >= 0.6 is 11.6 Å². The molecule has 1 saturated heterocycles. The van der Waals surface area contributed by atoms with E-state index in [1.54, 1.807) is 0 Å². The Labute approximate surface area is 117 Å². The third kappa shape index (κ3) is 3.93. The van der Waals surface area contributed by atoms with Crippen LogP contribution < -0.4 is 0 Å². The number of carboxylic acids is 1. The minimum atomic E-state index is -0.784. The van der Waals surface area contributed by atoms with Gasteiger partial charge in [-0.05, 0) is 30.2 Å². The standard InChI is InChI=1S/C14H18ClNO3/c1-10-6-12(15)3-2-11(10)8-16-4-5-19-9-13(16)7-14(17)18/h2-3,6,13H,4-5,7-9H2,1H3,(H,17,18). The van der Waals surface area contributed by atoms with E-state index in [1.807, 2.05) is 25.1 Å². The Balaban J connectivity index is 2.08. The summed E-state index contributed by atoms with van der Waals surface area (Å²) in [5.74, 6) is -0.784. The first-order valence-electron chi connectivity index (χ1n) is 6.35. The number of rotatable bonds is 4. The lowest BCUT2D eigenvalue weighted by atomic mass is 10.1. The molecular weight excluding hydrogens is 266 g/mol. The molecule has 0 aliphatic carbocycles. The van der Waals surface area contributed by atoms with E-state index < -0.39 is 5.97 Å². The topological polar surface area (TPSA) is 49.8 Å². The smallest absolute Gasteiger partial charge is 0.305 e. The summed E-state index contributed by atoms with van der Waals surface area (Å²) in [7, 11) is 0. The van der Waals surface area contributed by atoms with Gasteiger partial charge in [0.1, 0.15) is 0 Å². The van der Waals surface area contributed by atoms with Crippen molar-refractivity contribution in [3.63, 3.8) is 0 Å². The number of halogens is 1. The van der Waals surface area contributed by atoms with Crippen LogP contribution in [0.4, 0.5) is 0 Å². The van der Waals surface area contributed by atoms with Gasteiger partial charge in [0.05, 0.1) is 19.6 Å². The van der Waals surface area contributed by atoms with Crippen molar-refractivity contribution in [2.45, 2.75) is 25.9 Å². The third-order valence-electron chi connectivity index (χ3n) is 3.44. The van der Waals surface area contributed by atoms with Gasteiger partial charge in [-0.25, -0.2) is 0 Å². The number of aryl methyl sites for hydroxylation is 1. The molecule has 1 fully saturated rings. The lowest BCUT2D eigenvalue weighted by Gasteiger charge is -2.35. The molecule has 1 aromatic rings. The van der Waals surface area contributed by atoms with Gasteiger partial charge < -0.3 is 9.84 Å². The van der Waals surface area contributed by atoms with Gasteiger partial charge in [-0.3, -0.25) is 9.69 Å². The van der Waals surface area contributed by atoms with Crippen molar-refractivity contribution >= 4 is 17.6 Å². The molecule has 2 rings (SSSR count). The summed E-state index contributed by atoms with van der Waals surface area (Å²) in [4.78, 5) is 13.1. The lowest BCUT2D eigenvalue weighted by Crippen LogP contribution is -2.45. The molecule has 1 atom stereocenters. The van der Waals surface area contributed by atoms with E-state index in [1.165, 1.54) is 5.56 Å². The second kappa shape index (κ2) is 6.37. The number of aliphatic carboxylic acids is 1. The molecule has 0 aromatic heterocycles. The van der Waals surface area contributed by atoms with Crippen molar-refractivity contribution in [3.8, 4) is 0 Å².